The van der Waals surface area contributed by atoms with Crippen molar-refractivity contribution in [2.24, 2.45) is 0 Å². The van der Waals surface area contributed by atoms with Crippen LogP contribution in [0.15, 0.2) is 42.5 Å². The number of rotatable bonds is 10. The predicted molar refractivity (Wildman–Crippen MR) is 130 cm³/mol. The van der Waals surface area contributed by atoms with Crippen molar-refractivity contribution >= 4 is 39.1 Å². The largest absolute Gasteiger partial charge is 0.495 e. The number of nitrogens with one attached hydrogen (secondary N) is 1. The Hall–Kier alpha value is -2.85. The third-order valence-corrected chi connectivity index (χ3v) is 6.40. The minimum absolute atomic E-state index is 0.0211. The van der Waals surface area contributed by atoms with Crippen LogP contribution >= 0.6 is 11.6 Å². The van der Waals surface area contributed by atoms with E-state index in [1.807, 2.05) is 0 Å². The van der Waals surface area contributed by atoms with Crippen molar-refractivity contribution in [2.45, 2.75) is 39.4 Å². The first kappa shape index (κ1) is 27.4. The van der Waals surface area contributed by atoms with Gasteiger partial charge in [-0.15, -0.1) is 0 Å². The highest BCUT2D eigenvalue weighted by atomic mass is 35.5. The molecule has 0 aliphatic heterocycles. The lowest BCUT2D eigenvalue weighted by molar-refractivity contribution is -0.139. The van der Waals surface area contributed by atoms with Crippen LogP contribution in [0.25, 0.3) is 0 Å². The Bertz CT molecular complexity index is 1130. The third-order valence-electron chi connectivity index (χ3n) is 4.97. The van der Waals surface area contributed by atoms with Gasteiger partial charge >= 0.3 is 0 Å². The molecule has 1 atom stereocenters. The SMILES string of the molecule is COc1ccc(N(CC(=O)N(Cc2ccc(F)cc2)[C@@H](C)C(=O)NC(C)C)S(C)(=O)=O)cc1Cl. The predicted octanol–water partition coefficient (Wildman–Crippen LogP) is 3.20. The minimum Gasteiger partial charge on any atom is -0.495 e. The topological polar surface area (TPSA) is 96.0 Å². The van der Waals surface area contributed by atoms with Crippen molar-refractivity contribution in [3.05, 3.63) is 58.9 Å². The second-order valence-electron chi connectivity index (χ2n) is 8.08. The van der Waals surface area contributed by atoms with Crippen LogP contribution in [0.4, 0.5) is 10.1 Å². The molecule has 1 N–H and O–H groups in total. The zero-order chi connectivity index (χ0) is 25.6. The van der Waals surface area contributed by atoms with Crippen LogP contribution in [0, 0.1) is 5.82 Å². The van der Waals surface area contributed by atoms with Gasteiger partial charge < -0.3 is 15.0 Å². The molecule has 0 aliphatic rings. The molecule has 2 amide bonds. The number of methoxy groups -OCH3 is 1. The molecule has 0 fully saturated rings. The van der Waals surface area contributed by atoms with Gasteiger partial charge in [0.2, 0.25) is 21.8 Å². The number of ether oxygens (including phenoxy) is 1. The lowest BCUT2D eigenvalue weighted by atomic mass is 10.1. The summed E-state index contributed by atoms with van der Waals surface area (Å²) in [6, 6.07) is 8.77. The molecule has 2 aromatic rings. The molecule has 8 nitrogen and oxygen atoms in total. The van der Waals surface area contributed by atoms with Gasteiger partial charge in [0.1, 0.15) is 24.2 Å². The lowest BCUT2D eigenvalue weighted by Crippen LogP contribution is -2.52. The van der Waals surface area contributed by atoms with Gasteiger partial charge in [-0.25, -0.2) is 12.8 Å². The van der Waals surface area contributed by atoms with Gasteiger partial charge in [-0.1, -0.05) is 23.7 Å². The van der Waals surface area contributed by atoms with Crippen LogP contribution in [0.3, 0.4) is 0 Å². The van der Waals surface area contributed by atoms with E-state index in [0.717, 1.165) is 10.6 Å². The average Bonchev–Trinajstić information content (AvgIpc) is 2.75. The number of carbonyl (C=O) groups excluding carboxylic acids is 2. The number of anilines is 1. The van der Waals surface area contributed by atoms with Gasteiger partial charge in [-0.05, 0) is 56.7 Å². The Morgan fingerprint density at radius 3 is 2.24 bits per heavy atom. The van der Waals surface area contributed by atoms with Crippen LogP contribution in [0.5, 0.6) is 5.75 Å². The van der Waals surface area contributed by atoms with Crippen LogP contribution in [0.2, 0.25) is 5.02 Å². The Labute approximate surface area is 204 Å². The van der Waals surface area contributed by atoms with E-state index in [9.17, 15) is 22.4 Å². The molecule has 34 heavy (non-hydrogen) atoms. The first-order valence-electron chi connectivity index (χ1n) is 10.5. The van der Waals surface area contributed by atoms with Crippen molar-refractivity contribution in [3.8, 4) is 5.75 Å². The Morgan fingerprint density at radius 1 is 1.12 bits per heavy atom. The summed E-state index contributed by atoms with van der Waals surface area (Å²) in [4.78, 5) is 27.3. The van der Waals surface area contributed by atoms with E-state index in [0.29, 0.717) is 11.3 Å². The molecule has 0 heterocycles. The molecule has 0 aromatic heterocycles. The zero-order valence-corrected chi connectivity index (χ0v) is 21.3. The summed E-state index contributed by atoms with van der Waals surface area (Å²) in [6.07, 6.45) is 0.970. The van der Waals surface area contributed by atoms with E-state index in [-0.39, 0.29) is 23.3 Å². The van der Waals surface area contributed by atoms with Crippen LogP contribution in [-0.2, 0) is 26.2 Å². The number of carbonyl (C=O) groups is 2. The molecule has 0 bridgehead atoms. The summed E-state index contributed by atoms with van der Waals surface area (Å²) in [5, 5.41) is 2.93. The Morgan fingerprint density at radius 2 is 1.74 bits per heavy atom. The number of benzene rings is 2. The normalized spacial score (nSPS) is 12.2. The smallest absolute Gasteiger partial charge is 0.244 e. The van der Waals surface area contributed by atoms with Gasteiger partial charge in [-0.2, -0.15) is 0 Å². The fourth-order valence-electron chi connectivity index (χ4n) is 3.20. The highest BCUT2D eigenvalue weighted by Gasteiger charge is 2.30. The molecule has 0 unspecified atom stereocenters. The van der Waals surface area contributed by atoms with Crippen molar-refractivity contribution in [1.82, 2.24) is 10.2 Å². The number of amides is 2. The van der Waals surface area contributed by atoms with Gasteiger partial charge in [0.15, 0.2) is 0 Å². The Balaban J connectivity index is 2.40. The maximum atomic E-state index is 13.4. The average molecular weight is 514 g/mol. The summed E-state index contributed by atoms with van der Waals surface area (Å²) < 4.78 is 44.5. The van der Waals surface area contributed by atoms with Crippen molar-refractivity contribution in [1.29, 1.82) is 0 Å². The number of hydrogen-bond donors (Lipinski definition) is 1. The van der Waals surface area contributed by atoms with Gasteiger partial charge in [-0.3, -0.25) is 13.9 Å². The first-order chi connectivity index (χ1) is 15.8. The maximum absolute atomic E-state index is 13.4. The van der Waals surface area contributed by atoms with E-state index in [1.165, 1.54) is 54.5 Å². The van der Waals surface area contributed by atoms with Crippen LogP contribution < -0.4 is 14.4 Å². The molecule has 2 aromatic carbocycles. The molecule has 0 saturated heterocycles. The molecule has 11 heteroatoms. The summed E-state index contributed by atoms with van der Waals surface area (Å²) in [5.74, 6) is -1.11. The second kappa shape index (κ2) is 11.5. The molecule has 0 radical (unpaired) electrons. The second-order valence-corrected chi connectivity index (χ2v) is 10.4. The molecular formula is C23H29ClFN3O5S. The molecule has 2 rings (SSSR count). The van der Waals surface area contributed by atoms with E-state index in [1.54, 1.807) is 20.8 Å². The lowest BCUT2D eigenvalue weighted by Gasteiger charge is -2.32. The summed E-state index contributed by atoms with van der Waals surface area (Å²) in [7, 11) is -2.46. The number of halogens is 2. The standard InChI is InChI=1S/C23H29ClFN3O5S/c1-15(2)26-23(30)16(3)27(13-17-6-8-18(25)9-7-17)22(29)14-28(34(5,31)32)19-10-11-21(33-4)20(24)12-19/h6-12,15-16H,13-14H2,1-5H3,(H,26,30)/t16-/m0/s1. The summed E-state index contributed by atoms with van der Waals surface area (Å²) in [6.45, 7) is 4.54. The summed E-state index contributed by atoms with van der Waals surface area (Å²) >= 11 is 6.16. The van der Waals surface area contributed by atoms with E-state index < -0.39 is 40.2 Å². The molecule has 0 spiro atoms. The number of hydrogen-bond acceptors (Lipinski definition) is 5. The molecule has 186 valence electrons. The quantitative estimate of drug-likeness (QED) is 0.526. The van der Waals surface area contributed by atoms with Crippen molar-refractivity contribution in [2.75, 3.05) is 24.2 Å². The first-order valence-corrected chi connectivity index (χ1v) is 12.7. The van der Waals surface area contributed by atoms with Crippen LogP contribution in [0.1, 0.15) is 26.3 Å². The summed E-state index contributed by atoms with van der Waals surface area (Å²) in [5.41, 5.74) is 0.750. The third kappa shape index (κ3) is 7.33. The number of nitrogens with zero attached hydrogens (tertiary/aromatic N) is 2. The fraction of sp³-hybridized carbons (Fsp3) is 0.391. The monoisotopic (exact) mass is 513 g/mol. The zero-order valence-electron chi connectivity index (χ0n) is 19.7. The highest BCUT2D eigenvalue weighted by Crippen LogP contribution is 2.30. The molecule has 0 aliphatic carbocycles. The van der Waals surface area contributed by atoms with Crippen molar-refractivity contribution < 1.29 is 27.1 Å². The van der Waals surface area contributed by atoms with E-state index in [2.05, 4.69) is 5.32 Å². The Kier molecular flexibility index (Phi) is 9.29. The number of sulfonamides is 1. The van der Waals surface area contributed by atoms with E-state index >= 15 is 0 Å². The maximum Gasteiger partial charge on any atom is 0.244 e. The molecular weight excluding hydrogens is 485 g/mol. The highest BCUT2D eigenvalue weighted by molar-refractivity contribution is 7.92. The fourth-order valence-corrected chi connectivity index (χ4v) is 4.29. The van der Waals surface area contributed by atoms with Crippen LogP contribution in [-0.4, -0.2) is 57.1 Å². The molecule has 0 saturated carbocycles. The minimum atomic E-state index is -3.89. The van der Waals surface area contributed by atoms with Crippen molar-refractivity contribution in [3.63, 3.8) is 0 Å². The van der Waals surface area contributed by atoms with Gasteiger partial charge in [0.05, 0.1) is 24.1 Å². The van der Waals surface area contributed by atoms with E-state index in [4.69, 9.17) is 16.3 Å². The van der Waals surface area contributed by atoms with Gasteiger partial charge in [0, 0.05) is 12.6 Å². The van der Waals surface area contributed by atoms with Gasteiger partial charge in [0.25, 0.3) is 0 Å².